The first-order valence-electron chi connectivity index (χ1n) is 21.0. The normalized spacial score (nSPS) is 28.9. The standard InChI is InChI=1S/C47H80O3Si3/c1-34(24-25-36-21-19-23-39(31-36)48-51(13,14)44(3,4)5)41-28-29-42-37(22-20-30-47(41,42)12)26-27-38-32-40(49-52(15,16)45(6,7)8)33-43(35(38)2)50-53(17,18)46(9,10)11/h19,21,23-27,31,34,40-43H,2,20,22,28-30,32-33H2,1,3-18H3/b25-24+,37-26+,38-27-/t34-,40+,41+,42-,43-,47+/m0/s1. The first kappa shape index (κ1) is 44.3. The van der Waals surface area contributed by atoms with E-state index in [-0.39, 0.29) is 27.3 Å². The van der Waals surface area contributed by atoms with E-state index in [0.29, 0.717) is 23.2 Å². The Hall–Kier alpha value is -1.45. The van der Waals surface area contributed by atoms with Gasteiger partial charge in [-0.2, -0.15) is 0 Å². The molecule has 298 valence electrons. The third-order valence-corrected chi connectivity index (χ3v) is 28.4. The molecule has 3 aliphatic carbocycles. The van der Waals surface area contributed by atoms with Gasteiger partial charge in [-0.1, -0.05) is 125 Å². The van der Waals surface area contributed by atoms with Crippen LogP contribution in [0.3, 0.4) is 0 Å². The highest BCUT2D eigenvalue weighted by atomic mass is 28.4. The van der Waals surface area contributed by atoms with Gasteiger partial charge in [-0.3, -0.25) is 0 Å². The molecular weight excluding hydrogens is 697 g/mol. The summed E-state index contributed by atoms with van der Waals surface area (Å²) in [6.45, 7) is 44.9. The summed E-state index contributed by atoms with van der Waals surface area (Å²) in [5.74, 6) is 2.85. The minimum Gasteiger partial charge on any atom is -0.543 e. The minimum atomic E-state index is -2.00. The van der Waals surface area contributed by atoms with Crippen LogP contribution in [-0.2, 0) is 8.85 Å². The van der Waals surface area contributed by atoms with Gasteiger partial charge in [-0.05, 0) is 145 Å². The van der Waals surface area contributed by atoms with E-state index in [1.54, 1.807) is 5.57 Å². The van der Waals surface area contributed by atoms with E-state index in [1.165, 1.54) is 48.8 Å². The molecule has 0 unspecified atom stereocenters. The Bertz CT molecular complexity index is 1540. The Morgan fingerprint density at radius 1 is 0.830 bits per heavy atom. The second-order valence-electron chi connectivity index (χ2n) is 22.0. The molecule has 3 nitrogen and oxygen atoms in total. The van der Waals surface area contributed by atoms with Crippen LogP contribution in [0.2, 0.25) is 54.4 Å². The van der Waals surface area contributed by atoms with Crippen LogP contribution in [0.4, 0.5) is 0 Å². The summed E-state index contributed by atoms with van der Waals surface area (Å²) < 4.78 is 20.9. The molecule has 0 heterocycles. The Morgan fingerprint density at radius 2 is 1.43 bits per heavy atom. The number of rotatable bonds is 10. The molecule has 6 atom stereocenters. The zero-order chi connectivity index (χ0) is 40.0. The number of hydrogen-bond donors (Lipinski definition) is 0. The van der Waals surface area contributed by atoms with Crippen LogP contribution < -0.4 is 4.43 Å². The molecule has 0 spiro atoms. The molecule has 4 rings (SSSR count). The molecular formula is C47H80O3Si3. The number of benzene rings is 1. The number of hydrogen-bond acceptors (Lipinski definition) is 3. The van der Waals surface area contributed by atoms with Gasteiger partial charge in [0.2, 0.25) is 8.32 Å². The minimum absolute atomic E-state index is 0.0171. The van der Waals surface area contributed by atoms with E-state index < -0.39 is 25.0 Å². The fourth-order valence-electron chi connectivity index (χ4n) is 8.43. The van der Waals surface area contributed by atoms with Crippen LogP contribution >= 0.6 is 0 Å². The first-order chi connectivity index (χ1) is 24.1. The van der Waals surface area contributed by atoms with Crippen molar-refractivity contribution in [3.05, 3.63) is 71.4 Å². The van der Waals surface area contributed by atoms with Gasteiger partial charge < -0.3 is 13.3 Å². The third kappa shape index (κ3) is 10.1. The van der Waals surface area contributed by atoms with Gasteiger partial charge in [-0.15, -0.1) is 0 Å². The van der Waals surface area contributed by atoms with Crippen molar-refractivity contribution >= 4 is 31.0 Å². The molecule has 0 saturated heterocycles. The summed E-state index contributed by atoms with van der Waals surface area (Å²) in [6.07, 6.45) is 18.2. The number of allylic oxidation sites excluding steroid dienone is 4. The zero-order valence-corrected chi connectivity index (χ0v) is 40.4. The van der Waals surface area contributed by atoms with E-state index in [9.17, 15) is 0 Å². The molecule has 0 radical (unpaired) electrons. The fourth-order valence-corrected chi connectivity index (χ4v) is 12.1. The molecule has 3 aliphatic rings. The van der Waals surface area contributed by atoms with E-state index in [2.05, 4.69) is 164 Å². The van der Waals surface area contributed by atoms with Crippen LogP contribution in [-0.4, -0.2) is 37.2 Å². The van der Waals surface area contributed by atoms with E-state index in [4.69, 9.17) is 19.9 Å². The van der Waals surface area contributed by atoms with Gasteiger partial charge in [0, 0.05) is 6.42 Å². The lowest BCUT2D eigenvalue weighted by atomic mass is 9.61. The maximum Gasteiger partial charge on any atom is 0.250 e. The molecule has 53 heavy (non-hydrogen) atoms. The van der Waals surface area contributed by atoms with Crippen LogP contribution in [0.5, 0.6) is 5.75 Å². The predicted molar refractivity (Wildman–Crippen MR) is 239 cm³/mol. The Labute approximate surface area is 330 Å². The lowest BCUT2D eigenvalue weighted by Gasteiger charge is -2.45. The third-order valence-electron chi connectivity index (χ3n) is 15.0. The van der Waals surface area contributed by atoms with Crippen molar-refractivity contribution in [3.8, 4) is 5.75 Å². The van der Waals surface area contributed by atoms with Crippen molar-refractivity contribution < 1.29 is 13.3 Å². The van der Waals surface area contributed by atoms with Crippen molar-refractivity contribution in [1.29, 1.82) is 0 Å². The highest BCUT2D eigenvalue weighted by Gasteiger charge is 2.50. The van der Waals surface area contributed by atoms with Gasteiger partial charge in [0.25, 0.3) is 0 Å². The fraction of sp³-hybridized carbons (Fsp3) is 0.702. The maximum absolute atomic E-state index is 7.13. The van der Waals surface area contributed by atoms with Gasteiger partial charge in [-0.25, -0.2) is 0 Å². The molecule has 1 aromatic carbocycles. The van der Waals surface area contributed by atoms with Gasteiger partial charge in [0.15, 0.2) is 16.6 Å². The lowest BCUT2D eigenvalue weighted by molar-refractivity contribution is 0.0969. The number of fused-ring (bicyclic) bond motifs is 1. The van der Waals surface area contributed by atoms with Gasteiger partial charge in [0.1, 0.15) is 5.75 Å². The molecule has 3 saturated carbocycles. The summed E-state index contributed by atoms with van der Waals surface area (Å²) in [7, 11) is -5.82. The molecule has 3 fully saturated rings. The molecule has 1 aromatic rings. The summed E-state index contributed by atoms with van der Waals surface area (Å²) in [4.78, 5) is 0. The van der Waals surface area contributed by atoms with Crippen LogP contribution in [0.25, 0.3) is 6.08 Å². The van der Waals surface area contributed by atoms with E-state index in [1.807, 2.05) is 0 Å². The summed E-state index contributed by atoms with van der Waals surface area (Å²) in [5, 5.41) is 0.497. The van der Waals surface area contributed by atoms with Crippen LogP contribution in [0, 0.1) is 23.2 Å². The average molecular weight is 777 g/mol. The topological polar surface area (TPSA) is 27.7 Å². The average Bonchev–Trinajstić information content (AvgIpc) is 3.36. The Kier molecular flexibility index (Phi) is 13.2. The lowest BCUT2D eigenvalue weighted by Crippen LogP contribution is -2.49. The quantitative estimate of drug-likeness (QED) is 0.222. The largest absolute Gasteiger partial charge is 0.543 e. The zero-order valence-electron chi connectivity index (χ0n) is 37.4. The first-order valence-corrected chi connectivity index (χ1v) is 29.7. The molecule has 6 heteroatoms. The van der Waals surface area contributed by atoms with Crippen LogP contribution in [0.15, 0.2) is 65.8 Å². The molecule has 0 amide bonds. The molecule has 0 aromatic heterocycles. The van der Waals surface area contributed by atoms with Crippen molar-refractivity contribution in [3.63, 3.8) is 0 Å². The highest BCUT2D eigenvalue weighted by Crippen LogP contribution is 2.59. The summed E-state index contributed by atoms with van der Waals surface area (Å²) in [6, 6.07) is 8.73. The SMILES string of the molecule is C=C1/C(=C\C=C2/CCC[C@]3(C)[C@@H]([C@@H](C)/C=C/c4cccc(O[Si](C)(C)C(C)(C)C)c4)CC[C@@H]23)C[C@@H](O[Si](C)(C)C(C)(C)C)C[C@@H]1O[Si](C)(C)C(C)(C)C. The van der Waals surface area contributed by atoms with Crippen molar-refractivity contribution in [1.82, 2.24) is 0 Å². The van der Waals surface area contributed by atoms with Crippen molar-refractivity contribution in [2.75, 3.05) is 0 Å². The monoisotopic (exact) mass is 777 g/mol. The second kappa shape index (κ2) is 15.8. The summed E-state index contributed by atoms with van der Waals surface area (Å²) in [5.41, 5.74) is 5.74. The smallest absolute Gasteiger partial charge is 0.250 e. The highest BCUT2D eigenvalue weighted by molar-refractivity contribution is 6.75. The Balaban J connectivity index is 1.55. The molecule has 0 N–H and O–H groups in total. The molecule has 0 aliphatic heterocycles. The molecule has 0 bridgehead atoms. The van der Waals surface area contributed by atoms with Gasteiger partial charge >= 0.3 is 0 Å². The second-order valence-corrected chi connectivity index (χ2v) is 36.3. The Morgan fingerprint density at radius 3 is 2.04 bits per heavy atom. The van der Waals surface area contributed by atoms with Crippen molar-refractivity contribution in [2.45, 2.75) is 188 Å². The van der Waals surface area contributed by atoms with Crippen molar-refractivity contribution in [2.24, 2.45) is 23.2 Å². The van der Waals surface area contributed by atoms with E-state index in [0.717, 1.165) is 18.6 Å². The van der Waals surface area contributed by atoms with Crippen LogP contribution in [0.1, 0.15) is 127 Å². The van der Waals surface area contributed by atoms with Gasteiger partial charge in [0.05, 0.1) is 12.2 Å². The predicted octanol–water partition coefficient (Wildman–Crippen LogP) is 14.9. The van der Waals surface area contributed by atoms with E-state index >= 15 is 0 Å². The summed E-state index contributed by atoms with van der Waals surface area (Å²) >= 11 is 0. The maximum atomic E-state index is 7.13.